The summed E-state index contributed by atoms with van der Waals surface area (Å²) in [6, 6.07) is 3.77. The fraction of sp³-hybridized carbons (Fsp3) is 0.556. The maximum atomic E-state index is 12.1. The van der Waals surface area contributed by atoms with Crippen molar-refractivity contribution in [2.24, 2.45) is 5.92 Å². The Labute approximate surface area is 160 Å². The van der Waals surface area contributed by atoms with Crippen LogP contribution in [0.15, 0.2) is 23.1 Å². The number of rotatable bonds is 10. The molecule has 1 aromatic rings. The van der Waals surface area contributed by atoms with E-state index in [0.717, 1.165) is 38.0 Å². The maximum Gasteiger partial charge on any atom is 0.340 e. The molecule has 0 saturated carbocycles. The van der Waals surface area contributed by atoms with Crippen molar-refractivity contribution in [1.29, 1.82) is 0 Å². The molecular formula is C18H26ClNO5S. The van der Waals surface area contributed by atoms with Gasteiger partial charge in [-0.25, -0.2) is 13.2 Å². The van der Waals surface area contributed by atoms with Crippen LogP contribution in [0.25, 0.3) is 0 Å². The standard InChI is InChI=1S/C18H26ClNO5S/c1-4-6-7-13(5-2)11-20-17(21)12-25-18(22)15-10-14(26(3,23)24)8-9-16(15)19/h8-10,13H,4-7,11-12H2,1-3H3,(H,20,21)/t13-/m1/s1. The van der Waals surface area contributed by atoms with E-state index in [9.17, 15) is 18.0 Å². The lowest BCUT2D eigenvalue weighted by molar-refractivity contribution is -0.124. The maximum absolute atomic E-state index is 12.1. The minimum absolute atomic E-state index is 0.0417. The first kappa shape index (κ1) is 22.4. The minimum Gasteiger partial charge on any atom is -0.452 e. The summed E-state index contributed by atoms with van der Waals surface area (Å²) in [5.74, 6) is -0.840. The predicted octanol–water partition coefficient (Wildman–Crippen LogP) is 3.23. The fourth-order valence-corrected chi connectivity index (χ4v) is 3.19. The normalized spacial score (nSPS) is 12.5. The molecule has 0 unspecified atom stereocenters. The third-order valence-electron chi connectivity index (χ3n) is 4.05. The number of halogens is 1. The van der Waals surface area contributed by atoms with Gasteiger partial charge in [-0.2, -0.15) is 0 Å². The second kappa shape index (κ2) is 10.5. The van der Waals surface area contributed by atoms with E-state index in [0.29, 0.717) is 12.5 Å². The van der Waals surface area contributed by atoms with Crippen LogP contribution in [0.3, 0.4) is 0 Å². The van der Waals surface area contributed by atoms with E-state index in [4.69, 9.17) is 16.3 Å². The molecule has 8 heteroatoms. The van der Waals surface area contributed by atoms with E-state index in [1.165, 1.54) is 12.1 Å². The van der Waals surface area contributed by atoms with Gasteiger partial charge in [-0.3, -0.25) is 4.79 Å². The summed E-state index contributed by atoms with van der Waals surface area (Å²) in [5.41, 5.74) is -0.0863. The molecule has 1 N–H and O–H groups in total. The smallest absolute Gasteiger partial charge is 0.340 e. The highest BCUT2D eigenvalue weighted by atomic mass is 35.5. The fourth-order valence-electron chi connectivity index (χ4n) is 2.35. The van der Waals surface area contributed by atoms with Gasteiger partial charge >= 0.3 is 5.97 Å². The Hall–Kier alpha value is -1.60. The van der Waals surface area contributed by atoms with Crippen molar-refractivity contribution in [3.63, 3.8) is 0 Å². The van der Waals surface area contributed by atoms with Gasteiger partial charge in [-0.05, 0) is 30.5 Å². The summed E-state index contributed by atoms with van der Waals surface area (Å²) in [7, 11) is -3.48. The monoisotopic (exact) mass is 403 g/mol. The van der Waals surface area contributed by atoms with Crippen molar-refractivity contribution in [3.05, 3.63) is 28.8 Å². The Balaban J connectivity index is 2.60. The zero-order chi connectivity index (χ0) is 19.7. The first-order valence-corrected chi connectivity index (χ1v) is 10.9. The van der Waals surface area contributed by atoms with Crippen LogP contribution >= 0.6 is 11.6 Å². The van der Waals surface area contributed by atoms with E-state index >= 15 is 0 Å². The van der Waals surface area contributed by atoms with Crippen molar-refractivity contribution < 1.29 is 22.7 Å². The van der Waals surface area contributed by atoms with Crippen LogP contribution in [0.1, 0.15) is 49.9 Å². The SMILES string of the molecule is CCCC[C@@H](CC)CNC(=O)COC(=O)c1cc(S(C)(=O)=O)ccc1Cl. The Morgan fingerprint density at radius 1 is 1.27 bits per heavy atom. The van der Waals surface area contributed by atoms with Gasteiger partial charge in [0.05, 0.1) is 15.5 Å². The Kier molecular flexibility index (Phi) is 9.08. The Morgan fingerprint density at radius 2 is 1.96 bits per heavy atom. The molecule has 0 heterocycles. The van der Waals surface area contributed by atoms with Gasteiger partial charge < -0.3 is 10.1 Å². The van der Waals surface area contributed by atoms with E-state index in [2.05, 4.69) is 19.2 Å². The predicted molar refractivity (Wildman–Crippen MR) is 101 cm³/mol. The first-order valence-electron chi connectivity index (χ1n) is 8.62. The summed E-state index contributed by atoms with van der Waals surface area (Å²) >= 11 is 5.93. The van der Waals surface area contributed by atoms with Crippen LogP contribution < -0.4 is 5.32 Å². The number of benzene rings is 1. The number of esters is 1. The summed E-state index contributed by atoms with van der Waals surface area (Å²) in [6.07, 6.45) is 5.25. The molecule has 0 aliphatic heterocycles. The summed E-state index contributed by atoms with van der Waals surface area (Å²) < 4.78 is 28.1. The zero-order valence-electron chi connectivity index (χ0n) is 15.4. The molecule has 1 rings (SSSR count). The second-order valence-electron chi connectivity index (χ2n) is 6.21. The third-order valence-corrected chi connectivity index (χ3v) is 5.49. The molecule has 26 heavy (non-hydrogen) atoms. The summed E-state index contributed by atoms with van der Waals surface area (Å²) in [4.78, 5) is 23.9. The molecule has 0 radical (unpaired) electrons. The van der Waals surface area contributed by atoms with Gasteiger partial charge in [-0.1, -0.05) is 44.7 Å². The van der Waals surface area contributed by atoms with Crippen molar-refractivity contribution in [1.82, 2.24) is 5.32 Å². The average molecular weight is 404 g/mol. The highest BCUT2D eigenvalue weighted by Crippen LogP contribution is 2.21. The number of unbranched alkanes of at least 4 members (excludes halogenated alkanes) is 1. The molecule has 1 atom stereocenters. The molecule has 0 aliphatic carbocycles. The number of ether oxygens (including phenoxy) is 1. The molecule has 1 amide bonds. The molecule has 0 fully saturated rings. The van der Waals surface area contributed by atoms with Crippen molar-refractivity contribution in [2.45, 2.75) is 44.4 Å². The van der Waals surface area contributed by atoms with Gasteiger partial charge in [0, 0.05) is 12.8 Å². The van der Waals surface area contributed by atoms with Gasteiger partial charge in [0.25, 0.3) is 5.91 Å². The molecular weight excluding hydrogens is 378 g/mol. The molecule has 0 bridgehead atoms. The highest BCUT2D eigenvalue weighted by Gasteiger charge is 2.18. The van der Waals surface area contributed by atoms with E-state index in [1.807, 2.05) is 0 Å². The molecule has 0 aliphatic rings. The molecule has 6 nitrogen and oxygen atoms in total. The van der Waals surface area contributed by atoms with Crippen LogP contribution in [0.2, 0.25) is 5.02 Å². The average Bonchev–Trinajstić information content (AvgIpc) is 2.59. The quantitative estimate of drug-likeness (QED) is 0.606. The number of hydrogen-bond acceptors (Lipinski definition) is 5. The largest absolute Gasteiger partial charge is 0.452 e. The lowest BCUT2D eigenvalue weighted by Crippen LogP contribution is -2.33. The second-order valence-corrected chi connectivity index (χ2v) is 8.63. The number of hydrogen-bond donors (Lipinski definition) is 1. The van der Waals surface area contributed by atoms with Crippen LogP contribution in [-0.2, 0) is 19.4 Å². The van der Waals surface area contributed by atoms with E-state index < -0.39 is 28.3 Å². The zero-order valence-corrected chi connectivity index (χ0v) is 17.0. The number of sulfone groups is 1. The Morgan fingerprint density at radius 3 is 2.54 bits per heavy atom. The van der Waals surface area contributed by atoms with Gasteiger partial charge in [-0.15, -0.1) is 0 Å². The van der Waals surface area contributed by atoms with E-state index in [1.54, 1.807) is 0 Å². The third kappa shape index (κ3) is 7.33. The van der Waals surface area contributed by atoms with Crippen molar-refractivity contribution in [3.8, 4) is 0 Å². The van der Waals surface area contributed by atoms with Crippen LogP contribution in [0.5, 0.6) is 0 Å². The highest BCUT2D eigenvalue weighted by molar-refractivity contribution is 7.90. The van der Waals surface area contributed by atoms with Crippen molar-refractivity contribution in [2.75, 3.05) is 19.4 Å². The molecule has 0 saturated heterocycles. The summed E-state index contributed by atoms with van der Waals surface area (Å²) in [6.45, 7) is 4.29. The van der Waals surface area contributed by atoms with Gasteiger partial charge in [0.15, 0.2) is 16.4 Å². The first-order chi connectivity index (χ1) is 12.2. The lowest BCUT2D eigenvalue weighted by atomic mass is 9.99. The van der Waals surface area contributed by atoms with Gasteiger partial charge in [0.1, 0.15) is 0 Å². The Bertz CT molecular complexity index is 733. The van der Waals surface area contributed by atoms with Crippen molar-refractivity contribution >= 4 is 33.3 Å². The van der Waals surface area contributed by atoms with Crippen LogP contribution in [0.4, 0.5) is 0 Å². The van der Waals surface area contributed by atoms with Crippen LogP contribution in [-0.4, -0.2) is 39.7 Å². The number of nitrogens with one attached hydrogen (secondary N) is 1. The summed E-state index contributed by atoms with van der Waals surface area (Å²) in [5, 5.41) is 2.82. The minimum atomic E-state index is -3.48. The van der Waals surface area contributed by atoms with Crippen LogP contribution in [0, 0.1) is 5.92 Å². The van der Waals surface area contributed by atoms with Gasteiger partial charge in [0.2, 0.25) is 0 Å². The molecule has 0 aromatic heterocycles. The van der Waals surface area contributed by atoms with E-state index in [-0.39, 0.29) is 15.5 Å². The number of carbonyl (C=O) groups is 2. The topological polar surface area (TPSA) is 89.5 Å². The number of amides is 1. The molecule has 0 spiro atoms. The molecule has 1 aromatic carbocycles. The lowest BCUT2D eigenvalue weighted by Gasteiger charge is -2.15. The number of carbonyl (C=O) groups excluding carboxylic acids is 2. The molecule has 146 valence electrons.